The minimum Gasteiger partial charge on any atom is -0.497 e. The third-order valence-corrected chi connectivity index (χ3v) is 4.19. The first-order chi connectivity index (χ1) is 12.7. The molecule has 1 saturated heterocycles. The van der Waals surface area contributed by atoms with Crippen molar-refractivity contribution in [2.45, 2.75) is 0 Å². The van der Waals surface area contributed by atoms with Gasteiger partial charge in [-0.2, -0.15) is 0 Å². The van der Waals surface area contributed by atoms with E-state index in [1.54, 1.807) is 37.6 Å². The zero-order chi connectivity index (χ0) is 18.2. The second-order valence-electron chi connectivity index (χ2n) is 6.00. The first-order valence-corrected chi connectivity index (χ1v) is 8.70. The van der Waals surface area contributed by atoms with E-state index in [0.29, 0.717) is 17.0 Å². The summed E-state index contributed by atoms with van der Waals surface area (Å²) in [5, 5.41) is 6.13. The number of benzene rings is 1. The Kier molecular flexibility index (Phi) is 6.40. The van der Waals surface area contributed by atoms with Crippen molar-refractivity contribution in [2.24, 2.45) is 0 Å². The summed E-state index contributed by atoms with van der Waals surface area (Å²) in [7, 11) is 1.58. The second kappa shape index (κ2) is 9.17. The Morgan fingerprint density at radius 2 is 2.12 bits per heavy atom. The van der Waals surface area contributed by atoms with Crippen LogP contribution in [0.15, 0.2) is 42.6 Å². The van der Waals surface area contributed by atoms with E-state index in [9.17, 15) is 4.79 Å². The molecule has 7 heteroatoms. The van der Waals surface area contributed by atoms with E-state index < -0.39 is 0 Å². The molecule has 1 fully saturated rings. The van der Waals surface area contributed by atoms with Crippen molar-refractivity contribution in [3.63, 3.8) is 0 Å². The number of pyridine rings is 1. The quantitative estimate of drug-likeness (QED) is 0.791. The van der Waals surface area contributed by atoms with Gasteiger partial charge in [-0.1, -0.05) is 6.07 Å². The van der Waals surface area contributed by atoms with Crippen molar-refractivity contribution < 1.29 is 14.3 Å². The second-order valence-corrected chi connectivity index (χ2v) is 6.00. The van der Waals surface area contributed by atoms with Gasteiger partial charge in [0.25, 0.3) is 5.91 Å². The fourth-order valence-electron chi connectivity index (χ4n) is 2.71. The van der Waals surface area contributed by atoms with Gasteiger partial charge >= 0.3 is 0 Å². The number of hydrogen-bond donors (Lipinski definition) is 2. The average molecular weight is 356 g/mol. The molecule has 26 heavy (non-hydrogen) atoms. The number of ether oxygens (including phenoxy) is 2. The van der Waals surface area contributed by atoms with Gasteiger partial charge in [0.1, 0.15) is 11.6 Å². The monoisotopic (exact) mass is 356 g/mol. The number of carbonyl (C=O) groups excluding carboxylic acids is 1. The number of morpholine rings is 1. The third kappa shape index (κ3) is 5.18. The number of amides is 1. The van der Waals surface area contributed by atoms with Gasteiger partial charge in [-0.15, -0.1) is 0 Å². The molecular weight excluding hydrogens is 332 g/mol. The highest BCUT2D eigenvalue weighted by Gasteiger charge is 2.10. The van der Waals surface area contributed by atoms with Crippen LogP contribution in [0, 0.1) is 0 Å². The molecule has 2 aromatic rings. The molecule has 0 saturated carbocycles. The summed E-state index contributed by atoms with van der Waals surface area (Å²) in [4.78, 5) is 19.0. The van der Waals surface area contributed by atoms with Crippen molar-refractivity contribution >= 4 is 17.4 Å². The van der Waals surface area contributed by atoms with Gasteiger partial charge in [-0.3, -0.25) is 9.69 Å². The molecular formula is C19H24N4O3. The van der Waals surface area contributed by atoms with Crippen LogP contribution in [0.1, 0.15) is 10.4 Å². The number of aromatic nitrogens is 1. The summed E-state index contributed by atoms with van der Waals surface area (Å²) in [6.07, 6.45) is 1.65. The Balaban J connectivity index is 1.48. The molecule has 2 heterocycles. The van der Waals surface area contributed by atoms with Gasteiger partial charge in [-0.05, 0) is 30.3 Å². The van der Waals surface area contributed by atoms with Gasteiger partial charge in [0.05, 0.1) is 32.2 Å². The Hall–Kier alpha value is -2.64. The molecule has 0 radical (unpaired) electrons. The third-order valence-electron chi connectivity index (χ3n) is 4.19. The number of rotatable bonds is 7. The van der Waals surface area contributed by atoms with Crippen LogP contribution in [0.25, 0.3) is 0 Å². The summed E-state index contributed by atoms with van der Waals surface area (Å²) < 4.78 is 10.5. The van der Waals surface area contributed by atoms with Crippen molar-refractivity contribution in [3.8, 4) is 5.75 Å². The lowest BCUT2D eigenvalue weighted by atomic mass is 10.2. The molecule has 3 rings (SSSR count). The molecule has 1 aliphatic heterocycles. The minimum absolute atomic E-state index is 0.196. The Bertz CT molecular complexity index is 715. The lowest BCUT2D eigenvalue weighted by molar-refractivity contribution is 0.0398. The normalized spacial score (nSPS) is 14.7. The van der Waals surface area contributed by atoms with E-state index >= 15 is 0 Å². The first-order valence-electron chi connectivity index (χ1n) is 8.70. The van der Waals surface area contributed by atoms with E-state index in [-0.39, 0.29) is 5.91 Å². The van der Waals surface area contributed by atoms with E-state index in [4.69, 9.17) is 9.47 Å². The molecule has 7 nitrogen and oxygen atoms in total. The smallest absolute Gasteiger partial charge is 0.255 e. The molecule has 2 N–H and O–H groups in total. The molecule has 1 amide bonds. The van der Waals surface area contributed by atoms with Crippen LogP contribution >= 0.6 is 0 Å². The van der Waals surface area contributed by atoms with Crippen molar-refractivity contribution in [3.05, 3.63) is 48.2 Å². The molecule has 1 aromatic heterocycles. The van der Waals surface area contributed by atoms with E-state index in [1.165, 1.54) is 0 Å². The highest BCUT2D eigenvalue weighted by Crippen LogP contribution is 2.15. The summed E-state index contributed by atoms with van der Waals surface area (Å²) >= 11 is 0. The largest absolute Gasteiger partial charge is 0.497 e. The topological polar surface area (TPSA) is 75.7 Å². The number of nitrogens with zero attached hydrogens (tertiary/aromatic N) is 2. The highest BCUT2D eigenvalue weighted by molar-refractivity contribution is 6.04. The van der Waals surface area contributed by atoms with Gasteiger partial charge in [-0.25, -0.2) is 4.98 Å². The van der Waals surface area contributed by atoms with Crippen molar-refractivity contribution in [2.75, 3.05) is 57.1 Å². The maximum absolute atomic E-state index is 12.3. The van der Waals surface area contributed by atoms with Crippen molar-refractivity contribution in [1.29, 1.82) is 0 Å². The van der Waals surface area contributed by atoms with Gasteiger partial charge in [0, 0.05) is 31.7 Å². The number of methoxy groups -OCH3 is 1. The average Bonchev–Trinajstić information content (AvgIpc) is 2.70. The SMILES string of the molecule is COc1cccc(C(=O)Nc2ccc(NCCN3CCOCC3)nc2)c1. The molecule has 1 aliphatic rings. The molecule has 0 atom stereocenters. The number of anilines is 2. The summed E-state index contributed by atoms with van der Waals surface area (Å²) in [6.45, 7) is 5.34. The number of carbonyl (C=O) groups is 1. The molecule has 0 spiro atoms. The number of hydrogen-bond acceptors (Lipinski definition) is 6. The maximum Gasteiger partial charge on any atom is 0.255 e. The predicted molar refractivity (Wildman–Crippen MR) is 101 cm³/mol. The molecule has 0 aliphatic carbocycles. The van der Waals surface area contributed by atoms with Gasteiger partial charge < -0.3 is 20.1 Å². The van der Waals surface area contributed by atoms with Crippen LogP contribution in [0.2, 0.25) is 0 Å². The van der Waals surface area contributed by atoms with Crippen molar-refractivity contribution in [1.82, 2.24) is 9.88 Å². The molecule has 0 unspecified atom stereocenters. The summed E-state index contributed by atoms with van der Waals surface area (Å²) in [5.74, 6) is 1.24. The molecule has 1 aromatic carbocycles. The lowest BCUT2D eigenvalue weighted by Crippen LogP contribution is -2.39. The molecule has 0 bridgehead atoms. The zero-order valence-corrected chi connectivity index (χ0v) is 14.9. The first kappa shape index (κ1) is 18.2. The Morgan fingerprint density at radius 1 is 1.27 bits per heavy atom. The summed E-state index contributed by atoms with van der Waals surface area (Å²) in [5.41, 5.74) is 1.19. The van der Waals surface area contributed by atoms with Crippen LogP contribution in [-0.2, 0) is 4.74 Å². The summed E-state index contributed by atoms with van der Waals surface area (Å²) in [6, 6.07) is 10.7. The predicted octanol–water partition coefficient (Wildman–Crippen LogP) is 2.09. The van der Waals surface area contributed by atoms with Crippen LogP contribution in [0.5, 0.6) is 5.75 Å². The van der Waals surface area contributed by atoms with Crippen LogP contribution in [0.3, 0.4) is 0 Å². The maximum atomic E-state index is 12.3. The van der Waals surface area contributed by atoms with E-state index in [2.05, 4.69) is 20.5 Å². The standard InChI is InChI=1S/C19H24N4O3/c1-25-17-4-2-3-15(13-17)19(24)22-16-5-6-18(21-14-16)20-7-8-23-9-11-26-12-10-23/h2-6,13-14H,7-12H2,1H3,(H,20,21)(H,22,24). The fraction of sp³-hybridized carbons (Fsp3) is 0.368. The van der Waals surface area contributed by atoms with E-state index in [1.807, 2.05) is 12.1 Å². The van der Waals surface area contributed by atoms with Crippen LogP contribution in [-0.4, -0.2) is 62.3 Å². The minimum atomic E-state index is -0.196. The lowest BCUT2D eigenvalue weighted by Gasteiger charge is -2.26. The van der Waals surface area contributed by atoms with E-state index in [0.717, 1.165) is 45.2 Å². The van der Waals surface area contributed by atoms with Crippen LogP contribution in [0.4, 0.5) is 11.5 Å². The fourth-order valence-corrected chi connectivity index (χ4v) is 2.71. The highest BCUT2D eigenvalue weighted by atomic mass is 16.5. The van der Waals surface area contributed by atoms with Gasteiger partial charge in [0.2, 0.25) is 0 Å². The molecule has 138 valence electrons. The van der Waals surface area contributed by atoms with Gasteiger partial charge in [0.15, 0.2) is 0 Å². The Morgan fingerprint density at radius 3 is 2.85 bits per heavy atom. The van der Waals surface area contributed by atoms with Crippen LogP contribution < -0.4 is 15.4 Å². The number of nitrogens with one attached hydrogen (secondary N) is 2. The Labute approximate surface area is 153 Å². The zero-order valence-electron chi connectivity index (χ0n) is 14.9.